The van der Waals surface area contributed by atoms with Crippen LogP contribution >= 0.6 is 0 Å². The van der Waals surface area contributed by atoms with E-state index < -0.39 is 5.60 Å². The third kappa shape index (κ3) is 1.94. The van der Waals surface area contributed by atoms with Gasteiger partial charge in [0.15, 0.2) is 0 Å². The van der Waals surface area contributed by atoms with E-state index in [9.17, 15) is 5.11 Å². The first-order valence-corrected chi connectivity index (χ1v) is 9.30. The Morgan fingerprint density at radius 1 is 1.33 bits per heavy atom. The van der Waals surface area contributed by atoms with Crippen LogP contribution in [0.25, 0.3) is 0 Å². The molecule has 1 aromatic rings. The Kier molecular flexibility index (Phi) is 3.52. The Labute approximate surface area is 145 Å². The van der Waals surface area contributed by atoms with E-state index in [1.807, 2.05) is 0 Å². The van der Waals surface area contributed by atoms with Crippen LogP contribution < -0.4 is 4.74 Å². The normalized spacial score (nSPS) is 43.3. The molecule has 0 heterocycles. The molecule has 128 valence electrons. The first-order valence-electron chi connectivity index (χ1n) is 9.30. The topological polar surface area (TPSA) is 29.5 Å². The zero-order chi connectivity index (χ0) is 17.1. The van der Waals surface area contributed by atoms with E-state index in [4.69, 9.17) is 11.2 Å². The zero-order valence-corrected chi connectivity index (χ0v) is 15.0. The number of rotatable bonds is 1. The lowest BCUT2D eigenvalue weighted by Crippen LogP contribution is -2.52. The first-order chi connectivity index (χ1) is 11.4. The third-order valence-electron chi connectivity index (χ3n) is 7.61. The van der Waals surface area contributed by atoms with Crippen LogP contribution in [0.4, 0.5) is 0 Å². The van der Waals surface area contributed by atoms with Gasteiger partial charge in [0.2, 0.25) is 0 Å². The molecule has 0 bridgehead atoms. The molecule has 1 N–H and O–H groups in total. The fourth-order valence-corrected chi connectivity index (χ4v) is 6.48. The lowest BCUT2D eigenvalue weighted by Gasteiger charge is -2.54. The van der Waals surface area contributed by atoms with Gasteiger partial charge in [0, 0.05) is 5.41 Å². The van der Waals surface area contributed by atoms with Crippen molar-refractivity contribution in [3.05, 3.63) is 29.3 Å². The molecule has 2 heteroatoms. The van der Waals surface area contributed by atoms with E-state index >= 15 is 0 Å². The van der Waals surface area contributed by atoms with Gasteiger partial charge in [-0.05, 0) is 79.0 Å². The molecular weight excluding hydrogens is 296 g/mol. The summed E-state index contributed by atoms with van der Waals surface area (Å²) < 4.78 is 5.42. The van der Waals surface area contributed by atoms with Crippen LogP contribution in [-0.4, -0.2) is 17.8 Å². The van der Waals surface area contributed by atoms with Gasteiger partial charge in [-0.25, -0.2) is 0 Å². The molecule has 1 aromatic carbocycles. The van der Waals surface area contributed by atoms with E-state index in [-0.39, 0.29) is 5.41 Å². The maximum Gasteiger partial charge on any atom is 0.130 e. The molecule has 6 atom stereocenters. The van der Waals surface area contributed by atoms with Crippen LogP contribution in [0.15, 0.2) is 18.2 Å². The minimum atomic E-state index is -0.920. The van der Waals surface area contributed by atoms with Crippen molar-refractivity contribution in [2.24, 2.45) is 23.2 Å². The van der Waals surface area contributed by atoms with Gasteiger partial charge < -0.3 is 9.84 Å². The maximum atomic E-state index is 11.1. The van der Waals surface area contributed by atoms with Crippen molar-refractivity contribution in [3.63, 3.8) is 0 Å². The number of benzene rings is 1. The molecule has 4 rings (SSSR count). The van der Waals surface area contributed by atoms with Gasteiger partial charge in [-0.2, -0.15) is 0 Å². The summed E-state index contributed by atoms with van der Waals surface area (Å²) in [5.74, 6) is 6.05. The Morgan fingerprint density at radius 2 is 2.12 bits per heavy atom. The highest BCUT2D eigenvalue weighted by atomic mass is 16.5. The molecule has 0 aromatic heterocycles. The fourth-order valence-electron chi connectivity index (χ4n) is 6.48. The molecule has 2 fully saturated rings. The second-order valence-corrected chi connectivity index (χ2v) is 8.54. The number of ether oxygens (including phenoxy) is 1. The lowest BCUT2D eigenvalue weighted by atomic mass is 9.50. The number of terminal acetylenes is 1. The summed E-state index contributed by atoms with van der Waals surface area (Å²) in [5, 5.41) is 11.1. The zero-order valence-electron chi connectivity index (χ0n) is 15.0. The van der Waals surface area contributed by atoms with Crippen molar-refractivity contribution in [1.29, 1.82) is 0 Å². The number of hydrogen-bond donors (Lipinski definition) is 1. The van der Waals surface area contributed by atoms with Crippen LogP contribution in [0.3, 0.4) is 0 Å². The van der Waals surface area contributed by atoms with Crippen LogP contribution in [-0.2, 0) is 6.42 Å². The average molecular weight is 324 g/mol. The Hall–Kier alpha value is -1.46. The summed E-state index contributed by atoms with van der Waals surface area (Å²) in [6.45, 7) is 4.61. The van der Waals surface area contributed by atoms with Gasteiger partial charge >= 0.3 is 0 Å². The van der Waals surface area contributed by atoms with E-state index in [2.05, 4.69) is 38.0 Å². The minimum Gasteiger partial charge on any atom is -0.497 e. The fraction of sp³-hybridized carbons (Fsp3) is 0.636. The Morgan fingerprint density at radius 3 is 2.83 bits per heavy atom. The number of aryl methyl sites for hydroxylation is 1. The van der Waals surface area contributed by atoms with E-state index in [0.29, 0.717) is 23.7 Å². The van der Waals surface area contributed by atoms with Gasteiger partial charge in [-0.3, -0.25) is 0 Å². The van der Waals surface area contributed by atoms with Crippen molar-refractivity contribution in [2.45, 2.75) is 57.5 Å². The first kappa shape index (κ1) is 16.0. The second kappa shape index (κ2) is 5.27. The Balaban J connectivity index is 1.75. The van der Waals surface area contributed by atoms with Gasteiger partial charge in [0.05, 0.1) is 7.11 Å². The lowest BCUT2D eigenvalue weighted by molar-refractivity contribution is -0.0811. The smallest absolute Gasteiger partial charge is 0.130 e. The van der Waals surface area contributed by atoms with Crippen LogP contribution in [0.5, 0.6) is 5.75 Å². The molecule has 3 aliphatic rings. The molecule has 0 aliphatic heterocycles. The highest BCUT2D eigenvalue weighted by Gasteiger charge is 2.62. The summed E-state index contributed by atoms with van der Waals surface area (Å²) in [7, 11) is 1.74. The average Bonchev–Trinajstić information content (AvgIpc) is 2.85. The summed E-state index contributed by atoms with van der Waals surface area (Å²) in [6.07, 6.45) is 10.9. The third-order valence-corrected chi connectivity index (χ3v) is 7.61. The quantitative estimate of drug-likeness (QED) is 0.786. The number of fused-ring (bicyclic) bond motifs is 5. The molecule has 0 unspecified atom stereocenters. The number of methoxy groups -OCH3 is 1. The monoisotopic (exact) mass is 324 g/mol. The van der Waals surface area contributed by atoms with Crippen LogP contribution in [0, 0.1) is 35.5 Å². The van der Waals surface area contributed by atoms with Crippen molar-refractivity contribution in [3.8, 4) is 18.1 Å². The van der Waals surface area contributed by atoms with Gasteiger partial charge in [0.25, 0.3) is 0 Å². The summed E-state index contributed by atoms with van der Waals surface area (Å²) >= 11 is 0. The molecule has 0 radical (unpaired) electrons. The summed E-state index contributed by atoms with van der Waals surface area (Å²) in [5.41, 5.74) is 1.91. The van der Waals surface area contributed by atoms with Gasteiger partial charge in [0.1, 0.15) is 11.4 Å². The molecule has 3 aliphatic carbocycles. The minimum absolute atomic E-state index is 0.133. The summed E-state index contributed by atoms with van der Waals surface area (Å²) in [6, 6.07) is 6.61. The van der Waals surface area contributed by atoms with Gasteiger partial charge in [-0.1, -0.05) is 25.8 Å². The highest BCUT2D eigenvalue weighted by molar-refractivity contribution is 5.41. The predicted octanol–water partition coefficient (Wildman–Crippen LogP) is 4.16. The summed E-state index contributed by atoms with van der Waals surface area (Å²) in [4.78, 5) is 0. The van der Waals surface area contributed by atoms with E-state index in [1.165, 1.54) is 17.5 Å². The van der Waals surface area contributed by atoms with E-state index in [0.717, 1.165) is 31.4 Å². The molecule has 0 amide bonds. The standard InChI is InChI=1S/C22H28O2/c1-5-22(23)11-10-19-18-8-6-15-12-16(24-4)7-9-17(15)20(18)14(2)13-21(19,22)3/h1,7,9,12,14,18-20,23H,6,8,10-11,13H2,2-4H3/t14-,18-,19+,20+,21+,22+/m1/s1. The Bertz CT molecular complexity index is 702. The van der Waals surface area contributed by atoms with Crippen LogP contribution in [0.2, 0.25) is 0 Å². The van der Waals surface area contributed by atoms with Crippen molar-refractivity contribution >= 4 is 0 Å². The molecular formula is C22H28O2. The SMILES string of the molecule is C#C[C@]1(O)CC[C@H]2[C@H]3CCc4cc(OC)ccc4[C@@H]3[C@H](C)C[C@@]21C. The van der Waals surface area contributed by atoms with Crippen molar-refractivity contribution in [1.82, 2.24) is 0 Å². The second-order valence-electron chi connectivity index (χ2n) is 8.54. The molecule has 24 heavy (non-hydrogen) atoms. The van der Waals surface area contributed by atoms with E-state index in [1.54, 1.807) is 7.11 Å². The molecule has 0 saturated heterocycles. The van der Waals surface area contributed by atoms with Gasteiger partial charge in [-0.15, -0.1) is 6.42 Å². The highest BCUT2D eigenvalue weighted by Crippen LogP contribution is 2.65. The van der Waals surface area contributed by atoms with Crippen molar-refractivity contribution in [2.75, 3.05) is 7.11 Å². The maximum absolute atomic E-state index is 11.1. The molecule has 2 saturated carbocycles. The largest absolute Gasteiger partial charge is 0.497 e. The van der Waals surface area contributed by atoms with Crippen LogP contribution in [0.1, 0.15) is 56.6 Å². The van der Waals surface area contributed by atoms with Crippen molar-refractivity contribution < 1.29 is 9.84 Å². The number of hydrogen-bond acceptors (Lipinski definition) is 2. The molecule has 2 nitrogen and oxygen atoms in total. The predicted molar refractivity (Wildman–Crippen MR) is 95.9 cm³/mol. The number of aliphatic hydroxyl groups is 1. The molecule has 0 spiro atoms.